The van der Waals surface area contributed by atoms with Gasteiger partial charge in [0.25, 0.3) is 0 Å². The predicted octanol–water partition coefficient (Wildman–Crippen LogP) is 3.42. The molecule has 0 fully saturated rings. The number of methoxy groups -OCH3 is 1. The van der Waals surface area contributed by atoms with Gasteiger partial charge in [-0.3, -0.25) is 0 Å². The van der Waals surface area contributed by atoms with Crippen molar-refractivity contribution in [3.63, 3.8) is 0 Å². The van der Waals surface area contributed by atoms with Crippen LogP contribution in [0.5, 0.6) is 5.75 Å². The Balaban J connectivity index is 2.61. The van der Waals surface area contributed by atoms with E-state index in [-0.39, 0.29) is 0 Å². The first-order valence-electron chi connectivity index (χ1n) is 5.20. The van der Waals surface area contributed by atoms with E-state index in [2.05, 4.69) is 13.8 Å². The van der Waals surface area contributed by atoms with E-state index in [4.69, 9.17) is 10.5 Å². The van der Waals surface area contributed by atoms with E-state index >= 15 is 0 Å². The number of benzene rings is 1. The van der Waals surface area contributed by atoms with Crippen LogP contribution >= 0.6 is 11.8 Å². The van der Waals surface area contributed by atoms with E-state index in [1.165, 1.54) is 6.42 Å². The first-order chi connectivity index (χ1) is 7.15. The number of hydrogen-bond donors (Lipinski definition) is 1. The summed E-state index contributed by atoms with van der Waals surface area (Å²) in [5.74, 6) is 2.61. The van der Waals surface area contributed by atoms with Crippen LogP contribution in [0.4, 0.5) is 5.69 Å². The lowest BCUT2D eigenvalue weighted by molar-refractivity contribution is 0.416. The van der Waals surface area contributed by atoms with E-state index < -0.39 is 0 Å². The molecule has 3 heteroatoms. The van der Waals surface area contributed by atoms with Crippen molar-refractivity contribution in [3.05, 3.63) is 18.2 Å². The van der Waals surface area contributed by atoms with Crippen LogP contribution in [0.25, 0.3) is 0 Å². The fourth-order valence-electron chi connectivity index (χ4n) is 1.23. The van der Waals surface area contributed by atoms with E-state index in [1.54, 1.807) is 18.9 Å². The third-order valence-corrected chi connectivity index (χ3v) is 3.31. The quantitative estimate of drug-likeness (QED) is 0.616. The normalized spacial score (nSPS) is 10.7. The Labute approximate surface area is 96.2 Å². The van der Waals surface area contributed by atoms with Crippen molar-refractivity contribution in [2.75, 3.05) is 18.6 Å². The van der Waals surface area contributed by atoms with Gasteiger partial charge in [0.2, 0.25) is 0 Å². The molecule has 0 atom stereocenters. The van der Waals surface area contributed by atoms with Gasteiger partial charge in [-0.2, -0.15) is 0 Å². The van der Waals surface area contributed by atoms with Crippen molar-refractivity contribution in [1.29, 1.82) is 0 Å². The molecule has 0 saturated heterocycles. The van der Waals surface area contributed by atoms with Gasteiger partial charge in [0.05, 0.1) is 12.8 Å². The monoisotopic (exact) mass is 225 g/mol. The zero-order chi connectivity index (χ0) is 11.3. The molecule has 1 aromatic rings. The molecular weight excluding hydrogens is 206 g/mol. The van der Waals surface area contributed by atoms with Crippen LogP contribution in [-0.4, -0.2) is 12.9 Å². The Hall–Kier alpha value is -0.830. The molecule has 0 unspecified atom stereocenters. The van der Waals surface area contributed by atoms with Crippen molar-refractivity contribution < 1.29 is 4.74 Å². The zero-order valence-corrected chi connectivity index (χ0v) is 10.4. The predicted molar refractivity (Wildman–Crippen MR) is 67.6 cm³/mol. The maximum absolute atomic E-state index is 5.96. The average Bonchev–Trinajstić information content (AvgIpc) is 2.20. The Morgan fingerprint density at radius 1 is 1.40 bits per heavy atom. The molecule has 2 nitrogen and oxygen atoms in total. The van der Waals surface area contributed by atoms with E-state index in [0.29, 0.717) is 0 Å². The Kier molecular flexibility index (Phi) is 4.82. The van der Waals surface area contributed by atoms with Gasteiger partial charge < -0.3 is 10.5 Å². The molecule has 0 bridgehead atoms. The molecule has 1 aromatic carbocycles. The van der Waals surface area contributed by atoms with E-state index in [9.17, 15) is 0 Å². The van der Waals surface area contributed by atoms with Gasteiger partial charge in [-0.25, -0.2) is 0 Å². The highest BCUT2D eigenvalue weighted by atomic mass is 32.2. The highest BCUT2D eigenvalue weighted by molar-refractivity contribution is 7.99. The van der Waals surface area contributed by atoms with E-state index in [1.807, 2.05) is 18.2 Å². The van der Waals surface area contributed by atoms with Crippen molar-refractivity contribution in [2.24, 2.45) is 5.92 Å². The number of thioether (sulfide) groups is 1. The van der Waals surface area contributed by atoms with Crippen LogP contribution in [0.3, 0.4) is 0 Å². The van der Waals surface area contributed by atoms with Crippen molar-refractivity contribution in [1.82, 2.24) is 0 Å². The van der Waals surface area contributed by atoms with Crippen LogP contribution in [0.2, 0.25) is 0 Å². The molecule has 0 aliphatic carbocycles. The smallest absolute Gasteiger partial charge is 0.142 e. The number of nitrogens with two attached hydrogens (primary N) is 1. The van der Waals surface area contributed by atoms with Gasteiger partial charge in [-0.1, -0.05) is 19.9 Å². The van der Waals surface area contributed by atoms with Crippen LogP contribution in [0.15, 0.2) is 23.1 Å². The number of para-hydroxylation sites is 1. The van der Waals surface area contributed by atoms with Gasteiger partial charge in [-0.05, 0) is 30.2 Å². The minimum absolute atomic E-state index is 0.740. The number of hydrogen-bond acceptors (Lipinski definition) is 3. The minimum Gasteiger partial charge on any atom is -0.495 e. The van der Waals surface area contributed by atoms with Gasteiger partial charge in [0.15, 0.2) is 0 Å². The number of ether oxygens (including phenoxy) is 1. The fraction of sp³-hybridized carbons (Fsp3) is 0.500. The molecule has 0 heterocycles. The fourth-order valence-corrected chi connectivity index (χ4v) is 2.47. The first-order valence-corrected chi connectivity index (χ1v) is 6.19. The highest BCUT2D eigenvalue weighted by Gasteiger charge is 2.05. The number of rotatable bonds is 5. The zero-order valence-electron chi connectivity index (χ0n) is 9.62. The molecule has 15 heavy (non-hydrogen) atoms. The molecule has 84 valence electrons. The lowest BCUT2D eigenvalue weighted by Crippen LogP contribution is -1.95. The molecule has 0 aliphatic heterocycles. The molecule has 0 spiro atoms. The summed E-state index contributed by atoms with van der Waals surface area (Å²) in [6.07, 6.45) is 1.21. The van der Waals surface area contributed by atoms with Crippen LogP contribution in [-0.2, 0) is 0 Å². The van der Waals surface area contributed by atoms with Crippen molar-refractivity contribution >= 4 is 17.4 Å². The molecule has 0 amide bonds. The van der Waals surface area contributed by atoms with Gasteiger partial charge in [0, 0.05) is 4.90 Å². The van der Waals surface area contributed by atoms with Gasteiger partial charge in [0.1, 0.15) is 5.75 Å². The third kappa shape index (κ3) is 3.67. The minimum atomic E-state index is 0.740. The van der Waals surface area contributed by atoms with Crippen molar-refractivity contribution in [2.45, 2.75) is 25.2 Å². The first kappa shape index (κ1) is 12.2. The Morgan fingerprint density at radius 2 is 2.13 bits per heavy atom. The van der Waals surface area contributed by atoms with Gasteiger partial charge >= 0.3 is 0 Å². The maximum Gasteiger partial charge on any atom is 0.142 e. The second-order valence-electron chi connectivity index (χ2n) is 3.90. The maximum atomic E-state index is 5.96. The lowest BCUT2D eigenvalue weighted by atomic mass is 10.2. The molecule has 1 rings (SSSR count). The summed E-state index contributed by atoms with van der Waals surface area (Å²) >= 11 is 1.80. The highest BCUT2D eigenvalue weighted by Crippen LogP contribution is 2.32. The summed E-state index contributed by atoms with van der Waals surface area (Å²) in [6, 6.07) is 5.91. The summed E-state index contributed by atoms with van der Waals surface area (Å²) in [5, 5.41) is 0. The van der Waals surface area contributed by atoms with Gasteiger partial charge in [-0.15, -0.1) is 11.8 Å². The average molecular weight is 225 g/mol. The number of anilines is 1. The molecular formula is C12H19NOS. The van der Waals surface area contributed by atoms with Crippen LogP contribution in [0, 0.1) is 5.92 Å². The number of nitrogen functional groups attached to an aromatic ring is 1. The summed E-state index contributed by atoms with van der Waals surface area (Å²) in [6.45, 7) is 4.46. The van der Waals surface area contributed by atoms with Crippen LogP contribution < -0.4 is 10.5 Å². The Bertz CT molecular complexity index is 312. The second kappa shape index (κ2) is 5.91. The topological polar surface area (TPSA) is 35.2 Å². The summed E-state index contributed by atoms with van der Waals surface area (Å²) in [5.41, 5.74) is 6.72. The molecule has 0 radical (unpaired) electrons. The third-order valence-electron chi connectivity index (χ3n) is 2.20. The summed E-state index contributed by atoms with van der Waals surface area (Å²) < 4.78 is 5.17. The van der Waals surface area contributed by atoms with Crippen molar-refractivity contribution in [3.8, 4) is 5.75 Å². The molecule has 0 saturated carbocycles. The molecule has 2 N–H and O–H groups in total. The molecule has 0 aromatic heterocycles. The largest absolute Gasteiger partial charge is 0.495 e. The standard InChI is InChI=1S/C12H19NOS/c1-9(2)7-8-15-11-6-4-5-10(14-3)12(11)13/h4-6,9H,7-8,13H2,1-3H3. The van der Waals surface area contributed by atoms with Crippen LogP contribution in [0.1, 0.15) is 20.3 Å². The Morgan fingerprint density at radius 3 is 2.73 bits per heavy atom. The molecule has 0 aliphatic rings. The summed E-state index contributed by atoms with van der Waals surface area (Å²) in [7, 11) is 1.65. The second-order valence-corrected chi connectivity index (χ2v) is 5.04. The lowest BCUT2D eigenvalue weighted by Gasteiger charge is -2.10. The SMILES string of the molecule is COc1cccc(SCCC(C)C)c1N. The summed E-state index contributed by atoms with van der Waals surface area (Å²) in [4.78, 5) is 1.12. The van der Waals surface area contributed by atoms with E-state index in [0.717, 1.165) is 28.0 Å².